The summed E-state index contributed by atoms with van der Waals surface area (Å²) in [6.45, 7) is 1.03. The van der Waals surface area contributed by atoms with Crippen molar-refractivity contribution in [3.8, 4) is 11.4 Å². The molecule has 1 aliphatic rings. The summed E-state index contributed by atoms with van der Waals surface area (Å²) in [5, 5.41) is 9.93. The number of anilines is 1. The molecule has 0 unspecified atom stereocenters. The molecule has 0 aliphatic carbocycles. The van der Waals surface area contributed by atoms with Crippen LogP contribution in [0.4, 0.5) is 5.69 Å². The van der Waals surface area contributed by atoms with E-state index in [1.54, 1.807) is 17.2 Å². The van der Waals surface area contributed by atoms with Crippen molar-refractivity contribution in [2.24, 2.45) is 5.92 Å². The number of aromatic amines is 1. The number of hydrogen-bond donors (Lipinski definition) is 2. The van der Waals surface area contributed by atoms with Gasteiger partial charge in [-0.2, -0.15) is 5.10 Å². The number of pyridine rings is 1. The van der Waals surface area contributed by atoms with Gasteiger partial charge in [0.1, 0.15) is 11.4 Å². The van der Waals surface area contributed by atoms with E-state index in [2.05, 4.69) is 20.5 Å². The molecule has 7 heteroatoms. The molecule has 1 saturated heterocycles. The van der Waals surface area contributed by atoms with Gasteiger partial charge in [0.2, 0.25) is 5.91 Å². The summed E-state index contributed by atoms with van der Waals surface area (Å²) in [7, 11) is 0. The van der Waals surface area contributed by atoms with Crippen LogP contribution in [-0.2, 0) is 4.79 Å². The van der Waals surface area contributed by atoms with Crippen LogP contribution in [0.15, 0.2) is 60.8 Å². The third-order valence-corrected chi connectivity index (χ3v) is 4.86. The number of hydrogen-bond acceptors (Lipinski definition) is 4. The maximum Gasteiger partial charge on any atom is 0.271 e. The van der Waals surface area contributed by atoms with Crippen molar-refractivity contribution < 1.29 is 9.59 Å². The summed E-state index contributed by atoms with van der Waals surface area (Å²) in [6, 6.07) is 16.6. The largest absolute Gasteiger partial charge is 0.337 e. The predicted octanol–water partition coefficient (Wildman–Crippen LogP) is 2.96. The molecule has 2 aromatic heterocycles. The van der Waals surface area contributed by atoms with E-state index in [-0.39, 0.29) is 17.7 Å². The Bertz CT molecular complexity index is 955. The number of rotatable bonds is 4. The van der Waals surface area contributed by atoms with Crippen molar-refractivity contribution in [1.29, 1.82) is 0 Å². The van der Waals surface area contributed by atoms with Gasteiger partial charge in [0.15, 0.2) is 0 Å². The van der Waals surface area contributed by atoms with Crippen molar-refractivity contribution in [2.45, 2.75) is 12.8 Å². The summed E-state index contributed by atoms with van der Waals surface area (Å²) < 4.78 is 0. The van der Waals surface area contributed by atoms with E-state index in [4.69, 9.17) is 0 Å². The molecule has 1 aliphatic heterocycles. The first-order chi connectivity index (χ1) is 13.7. The maximum atomic E-state index is 12.9. The van der Waals surface area contributed by atoms with Crippen molar-refractivity contribution in [3.63, 3.8) is 0 Å². The average Bonchev–Trinajstić information content (AvgIpc) is 3.25. The molecule has 3 aromatic rings. The van der Waals surface area contributed by atoms with Gasteiger partial charge in [-0.1, -0.05) is 24.3 Å². The lowest BCUT2D eigenvalue weighted by atomic mass is 9.96. The van der Waals surface area contributed by atoms with Crippen LogP contribution in [0.3, 0.4) is 0 Å². The van der Waals surface area contributed by atoms with Crippen LogP contribution >= 0.6 is 0 Å². The summed E-state index contributed by atoms with van der Waals surface area (Å²) in [5.74, 6) is -0.425. The molecular formula is C21H21N5O2. The number of aromatic nitrogens is 3. The third kappa shape index (κ3) is 3.93. The Kier molecular flexibility index (Phi) is 5.14. The highest BCUT2D eigenvalue weighted by Crippen LogP contribution is 2.21. The number of H-pyrrole nitrogens is 1. The molecule has 0 spiro atoms. The second kappa shape index (κ2) is 8.04. The van der Waals surface area contributed by atoms with Gasteiger partial charge in [0.25, 0.3) is 5.91 Å². The monoisotopic (exact) mass is 375 g/mol. The number of amides is 2. The number of carbonyl (C=O) groups excluding carboxylic acids is 2. The van der Waals surface area contributed by atoms with Crippen molar-refractivity contribution in [2.75, 3.05) is 18.4 Å². The first kappa shape index (κ1) is 17.9. The second-order valence-electron chi connectivity index (χ2n) is 6.83. The Morgan fingerprint density at radius 3 is 2.68 bits per heavy atom. The quantitative estimate of drug-likeness (QED) is 0.733. The number of para-hydroxylation sites is 1. The summed E-state index contributed by atoms with van der Waals surface area (Å²) in [5.41, 5.74) is 2.50. The van der Waals surface area contributed by atoms with Crippen LogP contribution in [0, 0.1) is 5.92 Å². The summed E-state index contributed by atoms with van der Waals surface area (Å²) in [6.07, 6.45) is 3.25. The van der Waals surface area contributed by atoms with Crippen molar-refractivity contribution in [1.82, 2.24) is 20.1 Å². The number of nitrogens with zero attached hydrogens (tertiary/aromatic N) is 3. The van der Waals surface area contributed by atoms with E-state index >= 15 is 0 Å². The molecule has 1 fully saturated rings. The Hall–Kier alpha value is -3.48. The molecule has 142 valence electrons. The Balaban J connectivity index is 1.42. The maximum absolute atomic E-state index is 12.9. The van der Waals surface area contributed by atoms with Gasteiger partial charge in [0, 0.05) is 25.0 Å². The zero-order chi connectivity index (χ0) is 19.3. The van der Waals surface area contributed by atoms with E-state index in [1.807, 2.05) is 48.5 Å². The van der Waals surface area contributed by atoms with Gasteiger partial charge in [-0.3, -0.25) is 19.7 Å². The second-order valence-corrected chi connectivity index (χ2v) is 6.83. The third-order valence-electron chi connectivity index (χ3n) is 4.86. The van der Waals surface area contributed by atoms with E-state index in [1.165, 1.54) is 0 Å². The fourth-order valence-electron chi connectivity index (χ4n) is 3.39. The van der Waals surface area contributed by atoms with Gasteiger partial charge < -0.3 is 10.2 Å². The molecule has 0 bridgehead atoms. The van der Waals surface area contributed by atoms with E-state index in [0.29, 0.717) is 30.2 Å². The van der Waals surface area contributed by atoms with Crippen molar-refractivity contribution in [3.05, 3.63) is 66.5 Å². The van der Waals surface area contributed by atoms with Gasteiger partial charge in [-0.25, -0.2) is 0 Å². The number of nitrogens with one attached hydrogen (secondary N) is 2. The predicted molar refractivity (Wildman–Crippen MR) is 106 cm³/mol. The summed E-state index contributed by atoms with van der Waals surface area (Å²) in [4.78, 5) is 31.4. The highest BCUT2D eigenvalue weighted by atomic mass is 16.2. The van der Waals surface area contributed by atoms with Crippen LogP contribution in [0.5, 0.6) is 0 Å². The zero-order valence-electron chi connectivity index (χ0n) is 15.3. The van der Waals surface area contributed by atoms with Gasteiger partial charge >= 0.3 is 0 Å². The Labute approximate surface area is 162 Å². The molecule has 4 rings (SSSR count). The lowest BCUT2D eigenvalue weighted by molar-refractivity contribution is -0.121. The fourth-order valence-corrected chi connectivity index (χ4v) is 3.39. The van der Waals surface area contributed by atoms with E-state index in [0.717, 1.165) is 18.5 Å². The Morgan fingerprint density at radius 2 is 1.89 bits per heavy atom. The molecular weight excluding hydrogens is 354 g/mol. The van der Waals surface area contributed by atoms with Gasteiger partial charge in [-0.15, -0.1) is 0 Å². The molecule has 2 amide bonds. The first-order valence-electron chi connectivity index (χ1n) is 9.33. The van der Waals surface area contributed by atoms with Crippen LogP contribution in [0.25, 0.3) is 11.4 Å². The topological polar surface area (TPSA) is 91.0 Å². The minimum absolute atomic E-state index is 0.0533. The highest BCUT2D eigenvalue weighted by molar-refractivity contribution is 5.95. The van der Waals surface area contributed by atoms with E-state index in [9.17, 15) is 9.59 Å². The molecule has 7 nitrogen and oxygen atoms in total. The highest BCUT2D eigenvalue weighted by Gasteiger charge is 2.29. The van der Waals surface area contributed by atoms with Crippen LogP contribution < -0.4 is 5.32 Å². The molecule has 0 radical (unpaired) electrons. The van der Waals surface area contributed by atoms with E-state index < -0.39 is 0 Å². The SMILES string of the molecule is O=C(Nc1ccccc1)[C@@H]1CCCN(C(=O)c2cc(-c3ccccn3)n[nH]2)C1. The molecule has 1 aromatic carbocycles. The lowest BCUT2D eigenvalue weighted by Crippen LogP contribution is -2.43. The number of piperidine rings is 1. The molecule has 1 atom stereocenters. The Morgan fingerprint density at radius 1 is 1.07 bits per heavy atom. The zero-order valence-corrected chi connectivity index (χ0v) is 15.3. The van der Waals surface area contributed by atoms with Crippen molar-refractivity contribution >= 4 is 17.5 Å². The molecule has 0 saturated carbocycles. The number of benzene rings is 1. The molecule has 28 heavy (non-hydrogen) atoms. The summed E-state index contributed by atoms with van der Waals surface area (Å²) >= 11 is 0. The van der Waals surface area contributed by atoms with Crippen LogP contribution in [0.1, 0.15) is 23.3 Å². The standard InChI is InChI=1S/C21H21N5O2/c27-20(23-16-8-2-1-3-9-16)15-7-6-12-26(14-15)21(28)19-13-18(24-25-19)17-10-4-5-11-22-17/h1-5,8-11,13,15H,6-7,12,14H2,(H,23,27)(H,24,25)/t15-/m1/s1. The minimum atomic E-state index is -0.226. The fraction of sp³-hybridized carbons (Fsp3) is 0.238. The van der Waals surface area contributed by atoms with Crippen LogP contribution in [-0.4, -0.2) is 45.0 Å². The minimum Gasteiger partial charge on any atom is -0.337 e. The average molecular weight is 375 g/mol. The van der Waals surface area contributed by atoms with Gasteiger partial charge in [0.05, 0.1) is 11.6 Å². The molecule has 3 heterocycles. The molecule has 2 N–H and O–H groups in total. The number of likely N-dealkylation sites (tertiary alicyclic amines) is 1. The normalized spacial score (nSPS) is 16.6. The van der Waals surface area contributed by atoms with Crippen LogP contribution in [0.2, 0.25) is 0 Å². The van der Waals surface area contributed by atoms with Gasteiger partial charge in [-0.05, 0) is 43.2 Å². The number of carbonyl (C=O) groups is 2. The lowest BCUT2D eigenvalue weighted by Gasteiger charge is -2.31. The smallest absolute Gasteiger partial charge is 0.271 e. The first-order valence-corrected chi connectivity index (χ1v) is 9.33.